The standard InChI is InChI=1S/C13H11F3O2S/c14-13(15,16)18-12-4-2-1-3-10(12)11(17)7-9-5-6-19-8-9/h1-6,8,11,17H,7H2. The molecule has 0 spiro atoms. The summed E-state index contributed by atoms with van der Waals surface area (Å²) in [5.41, 5.74) is 1.00. The number of halogens is 3. The zero-order valence-electron chi connectivity index (χ0n) is 9.72. The van der Waals surface area contributed by atoms with Crippen LogP contribution in [0.15, 0.2) is 41.1 Å². The summed E-state index contributed by atoms with van der Waals surface area (Å²) in [6.07, 6.45) is -5.55. The van der Waals surface area contributed by atoms with Crippen LogP contribution in [-0.2, 0) is 6.42 Å². The second kappa shape index (κ2) is 5.63. The fourth-order valence-electron chi connectivity index (χ4n) is 1.72. The average molecular weight is 288 g/mol. The molecule has 0 saturated carbocycles. The van der Waals surface area contributed by atoms with E-state index in [1.807, 2.05) is 16.8 Å². The first-order chi connectivity index (χ1) is 8.96. The summed E-state index contributed by atoms with van der Waals surface area (Å²) in [5, 5.41) is 13.7. The molecule has 1 N–H and O–H groups in total. The third-order valence-electron chi connectivity index (χ3n) is 2.51. The summed E-state index contributed by atoms with van der Waals surface area (Å²) in [6.45, 7) is 0. The van der Waals surface area contributed by atoms with Gasteiger partial charge in [0.2, 0.25) is 0 Å². The number of para-hydroxylation sites is 1. The fraction of sp³-hybridized carbons (Fsp3) is 0.231. The molecule has 6 heteroatoms. The van der Waals surface area contributed by atoms with E-state index in [1.165, 1.54) is 29.5 Å². The first-order valence-electron chi connectivity index (χ1n) is 5.49. The maximum absolute atomic E-state index is 12.3. The van der Waals surface area contributed by atoms with Gasteiger partial charge in [-0.3, -0.25) is 0 Å². The normalized spacial score (nSPS) is 13.3. The topological polar surface area (TPSA) is 29.5 Å². The lowest BCUT2D eigenvalue weighted by molar-refractivity contribution is -0.275. The average Bonchev–Trinajstić information content (AvgIpc) is 2.80. The van der Waals surface area contributed by atoms with E-state index in [0.717, 1.165) is 5.56 Å². The third kappa shape index (κ3) is 3.97. The lowest BCUT2D eigenvalue weighted by atomic mass is 10.0. The molecule has 0 aliphatic rings. The number of ether oxygens (including phenoxy) is 1. The van der Waals surface area contributed by atoms with Crippen LogP contribution in [-0.4, -0.2) is 11.5 Å². The van der Waals surface area contributed by atoms with E-state index in [-0.39, 0.29) is 17.7 Å². The minimum absolute atomic E-state index is 0.131. The van der Waals surface area contributed by atoms with Gasteiger partial charge in [0.15, 0.2) is 0 Å². The quantitative estimate of drug-likeness (QED) is 0.924. The van der Waals surface area contributed by atoms with Gasteiger partial charge in [-0.15, -0.1) is 13.2 Å². The molecule has 0 radical (unpaired) electrons. The highest BCUT2D eigenvalue weighted by Gasteiger charge is 2.32. The zero-order valence-corrected chi connectivity index (χ0v) is 10.5. The van der Waals surface area contributed by atoms with Crippen LogP contribution >= 0.6 is 11.3 Å². The lowest BCUT2D eigenvalue weighted by Crippen LogP contribution is -2.19. The molecule has 1 unspecified atom stereocenters. The molecule has 2 nitrogen and oxygen atoms in total. The number of aliphatic hydroxyl groups is 1. The largest absolute Gasteiger partial charge is 0.573 e. The van der Waals surface area contributed by atoms with Crippen LogP contribution in [0.1, 0.15) is 17.2 Å². The van der Waals surface area contributed by atoms with Crippen LogP contribution in [0.4, 0.5) is 13.2 Å². The predicted molar refractivity (Wildman–Crippen MR) is 66.1 cm³/mol. The van der Waals surface area contributed by atoms with Gasteiger partial charge in [-0.2, -0.15) is 11.3 Å². The van der Waals surface area contributed by atoms with Gasteiger partial charge in [-0.1, -0.05) is 18.2 Å². The van der Waals surface area contributed by atoms with E-state index in [4.69, 9.17) is 0 Å². The zero-order chi connectivity index (χ0) is 13.9. The van der Waals surface area contributed by atoms with E-state index in [2.05, 4.69) is 4.74 Å². The molecule has 0 saturated heterocycles. The Labute approximate surface area is 112 Å². The molecule has 2 rings (SSSR count). The number of alkyl halides is 3. The van der Waals surface area contributed by atoms with Crippen molar-refractivity contribution in [1.82, 2.24) is 0 Å². The Morgan fingerprint density at radius 3 is 2.58 bits per heavy atom. The molecule has 0 aliphatic carbocycles. The number of benzene rings is 1. The summed E-state index contributed by atoms with van der Waals surface area (Å²) < 4.78 is 40.7. The van der Waals surface area contributed by atoms with Crippen molar-refractivity contribution in [2.75, 3.05) is 0 Å². The van der Waals surface area contributed by atoms with Crippen LogP contribution in [0.5, 0.6) is 5.75 Å². The molecule has 0 fully saturated rings. The SMILES string of the molecule is OC(Cc1ccsc1)c1ccccc1OC(F)(F)F. The molecule has 0 amide bonds. The van der Waals surface area contributed by atoms with Crippen molar-refractivity contribution >= 4 is 11.3 Å². The van der Waals surface area contributed by atoms with Crippen LogP contribution in [0.3, 0.4) is 0 Å². The predicted octanol–water partition coefficient (Wildman–Crippen LogP) is 3.92. The molecular weight excluding hydrogens is 277 g/mol. The van der Waals surface area contributed by atoms with Crippen molar-refractivity contribution in [1.29, 1.82) is 0 Å². The van der Waals surface area contributed by atoms with Gasteiger partial charge in [0, 0.05) is 12.0 Å². The van der Waals surface area contributed by atoms with Gasteiger partial charge in [0.05, 0.1) is 6.10 Å². The Balaban J connectivity index is 2.19. The summed E-state index contributed by atoms with van der Waals surface area (Å²) >= 11 is 1.47. The van der Waals surface area contributed by atoms with Crippen LogP contribution in [0, 0.1) is 0 Å². The maximum atomic E-state index is 12.3. The molecule has 102 valence electrons. The molecule has 1 aromatic carbocycles. The summed E-state index contributed by atoms with van der Waals surface area (Å²) in [7, 11) is 0. The van der Waals surface area contributed by atoms with E-state index in [9.17, 15) is 18.3 Å². The first-order valence-corrected chi connectivity index (χ1v) is 6.44. The van der Waals surface area contributed by atoms with Gasteiger partial charge in [-0.05, 0) is 28.5 Å². The monoisotopic (exact) mass is 288 g/mol. The Kier molecular flexibility index (Phi) is 4.11. The van der Waals surface area contributed by atoms with Crippen LogP contribution in [0.25, 0.3) is 0 Å². The highest BCUT2D eigenvalue weighted by atomic mass is 32.1. The van der Waals surface area contributed by atoms with Crippen LogP contribution < -0.4 is 4.74 Å². The first kappa shape index (κ1) is 13.9. The van der Waals surface area contributed by atoms with E-state index >= 15 is 0 Å². The third-order valence-corrected chi connectivity index (χ3v) is 3.24. The number of hydrogen-bond donors (Lipinski definition) is 1. The van der Waals surface area contributed by atoms with Gasteiger partial charge < -0.3 is 9.84 Å². The number of thiophene rings is 1. The minimum atomic E-state index is -4.77. The van der Waals surface area contributed by atoms with Crippen molar-refractivity contribution in [3.8, 4) is 5.75 Å². The summed E-state index contributed by atoms with van der Waals surface area (Å²) in [5.74, 6) is -0.363. The van der Waals surface area contributed by atoms with E-state index in [1.54, 1.807) is 6.07 Å². The summed E-state index contributed by atoms with van der Waals surface area (Å²) in [6, 6.07) is 7.44. The lowest BCUT2D eigenvalue weighted by Gasteiger charge is -2.16. The fourth-order valence-corrected chi connectivity index (χ4v) is 2.40. The maximum Gasteiger partial charge on any atom is 0.573 e. The van der Waals surface area contributed by atoms with Crippen molar-refractivity contribution < 1.29 is 23.0 Å². The molecule has 1 heterocycles. The molecular formula is C13H11F3O2S. The summed E-state index contributed by atoms with van der Waals surface area (Å²) in [4.78, 5) is 0. The van der Waals surface area contributed by atoms with Crippen molar-refractivity contribution in [2.45, 2.75) is 18.9 Å². The van der Waals surface area contributed by atoms with E-state index in [0.29, 0.717) is 0 Å². The Morgan fingerprint density at radius 2 is 1.95 bits per heavy atom. The second-order valence-corrected chi connectivity index (χ2v) is 4.72. The molecule has 1 atom stereocenters. The van der Waals surface area contributed by atoms with Gasteiger partial charge >= 0.3 is 6.36 Å². The highest BCUT2D eigenvalue weighted by molar-refractivity contribution is 7.07. The second-order valence-electron chi connectivity index (χ2n) is 3.94. The number of hydrogen-bond acceptors (Lipinski definition) is 3. The van der Waals surface area contributed by atoms with Gasteiger partial charge in [-0.25, -0.2) is 0 Å². The van der Waals surface area contributed by atoms with Crippen molar-refractivity contribution in [2.24, 2.45) is 0 Å². The molecule has 2 aromatic rings. The van der Waals surface area contributed by atoms with Crippen LogP contribution in [0.2, 0.25) is 0 Å². The Morgan fingerprint density at radius 1 is 1.21 bits per heavy atom. The Bertz CT molecular complexity index is 523. The molecule has 19 heavy (non-hydrogen) atoms. The van der Waals surface area contributed by atoms with Crippen molar-refractivity contribution in [3.05, 3.63) is 52.2 Å². The highest BCUT2D eigenvalue weighted by Crippen LogP contribution is 2.31. The molecule has 0 aliphatic heterocycles. The van der Waals surface area contributed by atoms with E-state index < -0.39 is 12.5 Å². The van der Waals surface area contributed by atoms with Crippen molar-refractivity contribution in [3.63, 3.8) is 0 Å². The molecule has 1 aromatic heterocycles. The number of aliphatic hydroxyl groups excluding tert-OH is 1. The molecule has 0 bridgehead atoms. The van der Waals surface area contributed by atoms with Gasteiger partial charge in [0.1, 0.15) is 5.75 Å². The van der Waals surface area contributed by atoms with Gasteiger partial charge in [0.25, 0.3) is 0 Å². The minimum Gasteiger partial charge on any atom is -0.405 e. The Hall–Kier alpha value is -1.53. The number of rotatable bonds is 4. The smallest absolute Gasteiger partial charge is 0.405 e.